The fourth-order valence-electron chi connectivity index (χ4n) is 2.74. The average Bonchev–Trinajstić information content (AvgIpc) is 3.03. The van der Waals surface area contributed by atoms with Gasteiger partial charge < -0.3 is 13.9 Å². The van der Waals surface area contributed by atoms with Crippen LogP contribution in [0.5, 0.6) is 0 Å². The molecule has 20 heavy (non-hydrogen) atoms. The van der Waals surface area contributed by atoms with Crippen molar-refractivity contribution in [2.24, 2.45) is 0 Å². The lowest BCUT2D eigenvalue weighted by Gasteiger charge is -2.21. The summed E-state index contributed by atoms with van der Waals surface area (Å²) in [5.74, 6) is 3.70. The van der Waals surface area contributed by atoms with Crippen molar-refractivity contribution < 1.29 is 4.42 Å². The quantitative estimate of drug-likeness (QED) is 0.858. The molecule has 1 atom stereocenters. The third kappa shape index (κ3) is 2.93. The predicted octanol–water partition coefficient (Wildman–Crippen LogP) is 2.23. The number of rotatable bonds is 4. The second-order valence-electron chi connectivity index (χ2n) is 5.67. The Balaban J connectivity index is 1.51. The van der Waals surface area contributed by atoms with E-state index in [1.54, 1.807) is 0 Å². The molecule has 0 unspecified atom stereocenters. The molecule has 0 aromatic carbocycles. The van der Waals surface area contributed by atoms with Crippen LogP contribution in [0.1, 0.15) is 36.6 Å². The lowest BCUT2D eigenvalue weighted by molar-refractivity contribution is 0.264. The van der Waals surface area contributed by atoms with Gasteiger partial charge in [0.2, 0.25) is 0 Å². The van der Waals surface area contributed by atoms with Crippen molar-refractivity contribution in [3.05, 3.63) is 35.8 Å². The fraction of sp³-hybridized carbons (Fsp3) is 0.600. The molecule has 3 rings (SSSR count). The van der Waals surface area contributed by atoms with Gasteiger partial charge in [-0.3, -0.25) is 0 Å². The van der Waals surface area contributed by atoms with E-state index in [2.05, 4.69) is 32.7 Å². The summed E-state index contributed by atoms with van der Waals surface area (Å²) in [5.41, 5.74) is 0. The normalized spacial score (nSPS) is 17.7. The van der Waals surface area contributed by atoms with Crippen molar-refractivity contribution in [3.63, 3.8) is 0 Å². The fourth-order valence-corrected chi connectivity index (χ4v) is 2.74. The lowest BCUT2D eigenvalue weighted by atomic mass is 10.0. The van der Waals surface area contributed by atoms with Crippen molar-refractivity contribution in [1.82, 2.24) is 19.7 Å². The second-order valence-corrected chi connectivity index (χ2v) is 5.67. The van der Waals surface area contributed by atoms with Gasteiger partial charge in [0.05, 0.1) is 0 Å². The predicted molar refractivity (Wildman–Crippen MR) is 76.6 cm³/mol. The molecule has 0 amide bonds. The monoisotopic (exact) mass is 274 g/mol. The van der Waals surface area contributed by atoms with Crippen LogP contribution in [0, 0.1) is 6.92 Å². The minimum Gasteiger partial charge on any atom is -0.466 e. The first-order valence-corrected chi connectivity index (χ1v) is 7.38. The Labute approximate surface area is 119 Å². The first kappa shape index (κ1) is 13.4. The number of hydrogen-bond donors (Lipinski definition) is 0. The molecule has 3 heterocycles. The Morgan fingerprint density at radius 3 is 3.00 bits per heavy atom. The van der Waals surface area contributed by atoms with Gasteiger partial charge in [-0.25, -0.2) is 0 Å². The van der Waals surface area contributed by atoms with Crippen LogP contribution in [0.3, 0.4) is 0 Å². The van der Waals surface area contributed by atoms with Crippen molar-refractivity contribution >= 4 is 0 Å². The van der Waals surface area contributed by atoms with Crippen LogP contribution in [0.15, 0.2) is 22.9 Å². The van der Waals surface area contributed by atoms with Crippen LogP contribution in [0.25, 0.3) is 0 Å². The van der Waals surface area contributed by atoms with Gasteiger partial charge >= 0.3 is 0 Å². The van der Waals surface area contributed by atoms with Gasteiger partial charge in [0.1, 0.15) is 23.7 Å². The maximum absolute atomic E-state index is 5.71. The van der Waals surface area contributed by atoms with Gasteiger partial charge in [0, 0.05) is 32.0 Å². The molecule has 1 aliphatic heterocycles. The zero-order valence-corrected chi connectivity index (χ0v) is 12.2. The van der Waals surface area contributed by atoms with Gasteiger partial charge in [0.25, 0.3) is 0 Å². The Morgan fingerprint density at radius 1 is 1.30 bits per heavy atom. The number of furan rings is 1. The first-order valence-electron chi connectivity index (χ1n) is 7.38. The van der Waals surface area contributed by atoms with Crippen molar-refractivity contribution in [2.75, 3.05) is 19.6 Å². The van der Waals surface area contributed by atoms with Crippen LogP contribution in [-0.2, 0) is 13.0 Å². The summed E-state index contributed by atoms with van der Waals surface area (Å²) < 4.78 is 7.87. The van der Waals surface area contributed by atoms with Gasteiger partial charge in [-0.2, -0.15) is 0 Å². The number of hydrogen-bond acceptors (Lipinski definition) is 4. The molecule has 2 aromatic rings. The van der Waals surface area contributed by atoms with Crippen LogP contribution in [0.4, 0.5) is 0 Å². The second kappa shape index (κ2) is 5.79. The highest BCUT2D eigenvalue weighted by atomic mass is 16.3. The first-order chi connectivity index (χ1) is 9.72. The summed E-state index contributed by atoms with van der Waals surface area (Å²) >= 11 is 0. The summed E-state index contributed by atoms with van der Waals surface area (Å²) in [7, 11) is 0. The smallest absolute Gasteiger partial charge is 0.134 e. The summed E-state index contributed by atoms with van der Waals surface area (Å²) in [6.07, 6.45) is 3.97. The molecule has 2 aromatic heterocycles. The minimum atomic E-state index is 0.477. The third-order valence-electron chi connectivity index (χ3n) is 4.13. The Hall–Kier alpha value is -1.62. The molecule has 0 bridgehead atoms. The summed E-state index contributed by atoms with van der Waals surface area (Å²) in [6.45, 7) is 8.50. The molecule has 0 aliphatic carbocycles. The van der Waals surface area contributed by atoms with E-state index in [1.165, 1.54) is 0 Å². The zero-order valence-electron chi connectivity index (χ0n) is 12.2. The molecule has 0 radical (unpaired) electrons. The Bertz CT molecular complexity index is 537. The third-order valence-corrected chi connectivity index (χ3v) is 4.13. The highest BCUT2D eigenvalue weighted by Gasteiger charge is 2.16. The molecule has 108 valence electrons. The van der Waals surface area contributed by atoms with Crippen LogP contribution >= 0.6 is 0 Å². The highest BCUT2D eigenvalue weighted by molar-refractivity contribution is 5.09. The lowest BCUT2D eigenvalue weighted by Crippen LogP contribution is -2.28. The van der Waals surface area contributed by atoms with Crippen LogP contribution < -0.4 is 0 Å². The number of aryl methyl sites for hydroxylation is 1. The van der Waals surface area contributed by atoms with Gasteiger partial charge in [-0.1, -0.05) is 6.92 Å². The highest BCUT2D eigenvalue weighted by Crippen LogP contribution is 2.21. The molecule has 0 spiro atoms. The molecule has 0 fully saturated rings. The van der Waals surface area contributed by atoms with E-state index in [0.29, 0.717) is 5.92 Å². The van der Waals surface area contributed by atoms with E-state index in [-0.39, 0.29) is 0 Å². The van der Waals surface area contributed by atoms with Gasteiger partial charge in [0.15, 0.2) is 0 Å². The van der Waals surface area contributed by atoms with Gasteiger partial charge in [-0.05, 0) is 32.0 Å². The maximum Gasteiger partial charge on any atom is 0.134 e. The molecular formula is C15H22N4O. The van der Waals surface area contributed by atoms with E-state index < -0.39 is 0 Å². The summed E-state index contributed by atoms with van der Waals surface area (Å²) in [6, 6.07) is 4.15. The summed E-state index contributed by atoms with van der Waals surface area (Å²) in [5, 5.41) is 8.14. The molecule has 0 saturated heterocycles. The zero-order chi connectivity index (χ0) is 13.9. The molecule has 5 nitrogen and oxygen atoms in total. The molecular weight excluding hydrogens is 252 g/mol. The van der Waals surface area contributed by atoms with E-state index in [9.17, 15) is 0 Å². The summed E-state index contributed by atoms with van der Waals surface area (Å²) in [4.78, 5) is 2.51. The van der Waals surface area contributed by atoms with Gasteiger partial charge in [-0.15, -0.1) is 10.2 Å². The molecule has 0 N–H and O–H groups in total. The maximum atomic E-state index is 5.71. The average molecular weight is 274 g/mol. The largest absolute Gasteiger partial charge is 0.466 e. The van der Waals surface area contributed by atoms with Crippen molar-refractivity contribution in [2.45, 2.75) is 39.2 Å². The van der Waals surface area contributed by atoms with E-state index in [0.717, 1.165) is 56.4 Å². The topological polar surface area (TPSA) is 47.1 Å². The Morgan fingerprint density at radius 2 is 2.20 bits per heavy atom. The number of aromatic nitrogens is 3. The Kier molecular flexibility index (Phi) is 3.87. The number of nitrogens with zero attached hydrogens (tertiary/aromatic N) is 4. The van der Waals surface area contributed by atoms with Crippen molar-refractivity contribution in [1.29, 1.82) is 0 Å². The SMILES string of the molecule is Cc1ccc([C@H](C)CCN2CCc3nncn3CC2)o1. The van der Waals surface area contributed by atoms with E-state index >= 15 is 0 Å². The standard InChI is InChI=1S/C15H22N4O/c1-12(14-4-3-13(2)20-14)5-7-18-8-6-15-17-16-11-19(15)10-9-18/h3-4,11-12H,5-10H2,1-2H3/t12-/m1/s1. The van der Waals surface area contributed by atoms with Crippen molar-refractivity contribution in [3.8, 4) is 0 Å². The van der Waals surface area contributed by atoms with Crippen LogP contribution in [0.2, 0.25) is 0 Å². The van der Waals surface area contributed by atoms with E-state index in [4.69, 9.17) is 4.42 Å². The number of fused-ring (bicyclic) bond motifs is 1. The minimum absolute atomic E-state index is 0.477. The molecule has 5 heteroatoms. The van der Waals surface area contributed by atoms with E-state index in [1.807, 2.05) is 19.3 Å². The molecule has 0 saturated carbocycles. The van der Waals surface area contributed by atoms with Crippen LogP contribution in [-0.4, -0.2) is 39.3 Å². The molecule has 1 aliphatic rings.